The highest BCUT2D eigenvalue weighted by Crippen LogP contribution is 2.17. The van der Waals surface area contributed by atoms with Crippen LogP contribution in [0.1, 0.15) is 12.5 Å². The summed E-state index contributed by atoms with van der Waals surface area (Å²) in [4.78, 5) is 0. The molecule has 1 aliphatic rings. The van der Waals surface area contributed by atoms with E-state index in [1.165, 1.54) is 5.56 Å². The van der Waals surface area contributed by atoms with Gasteiger partial charge in [0.15, 0.2) is 0 Å². The minimum Gasteiger partial charge on any atom is -0.374 e. The van der Waals surface area contributed by atoms with Gasteiger partial charge < -0.3 is 14.2 Å². The van der Waals surface area contributed by atoms with Gasteiger partial charge in [-0.15, -0.1) is 0 Å². The predicted molar refractivity (Wildman–Crippen MR) is 61.3 cm³/mol. The van der Waals surface area contributed by atoms with E-state index in [4.69, 9.17) is 14.2 Å². The third-order valence-corrected chi connectivity index (χ3v) is 2.55. The van der Waals surface area contributed by atoms with Crippen LogP contribution >= 0.6 is 0 Å². The Balaban J connectivity index is 1.70. The number of hydrogen-bond donors (Lipinski definition) is 0. The molecule has 2 atom stereocenters. The highest BCUT2D eigenvalue weighted by molar-refractivity contribution is 5.13. The molecule has 0 unspecified atom stereocenters. The van der Waals surface area contributed by atoms with Crippen LogP contribution in [0.3, 0.4) is 0 Å². The quantitative estimate of drug-likeness (QED) is 0.661. The highest BCUT2D eigenvalue weighted by Gasteiger charge is 2.33. The molecule has 1 aliphatic heterocycles. The molecule has 3 nitrogen and oxygen atoms in total. The van der Waals surface area contributed by atoms with Gasteiger partial charge in [-0.1, -0.05) is 30.3 Å². The summed E-state index contributed by atoms with van der Waals surface area (Å²) in [5.74, 6) is 0. The van der Waals surface area contributed by atoms with Crippen LogP contribution in [0.5, 0.6) is 0 Å². The van der Waals surface area contributed by atoms with Crippen molar-refractivity contribution in [3.63, 3.8) is 0 Å². The van der Waals surface area contributed by atoms with Crippen molar-refractivity contribution in [2.45, 2.75) is 25.7 Å². The van der Waals surface area contributed by atoms with Gasteiger partial charge in [-0.25, -0.2) is 0 Å². The second-order valence-electron chi connectivity index (χ2n) is 3.87. The lowest BCUT2D eigenvalue weighted by Crippen LogP contribution is -2.25. The van der Waals surface area contributed by atoms with Crippen LogP contribution in [0.2, 0.25) is 0 Å². The Kier molecular flexibility index (Phi) is 4.34. The van der Waals surface area contributed by atoms with Crippen LogP contribution in [-0.4, -0.2) is 32.0 Å². The van der Waals surface area contributed by atoms with Gasteiger partial charge in [0.2, 0.25) is 0 Å². The summed E-state index contributed by atoms with van der Waals surface area (Å²) in [6.45, 7) is 4.75. The molecular formula is C13H18O3. The molecule has 1 heterocycles. The molecule has 0 aromatic heterocycles. The topological polar surface area (TPSA) is 31.0 Å². The Labute approximate surface area is 96.3 Å². The van der Waals surface area contributed by atoms with E-state index in [9.17, 15) is 0 Å². The molecule has 0 spiro atoms. The Morgan fingerprint density at radius 2 is 2.12 bits per heavy atom. The molecule has 0 aliphatic carbocycles. The van der Waals surface area contributed by atoms with Crippen LogP contribution in [0, 0.1) is 0 Å². The first-order chi connectivity index (χ1) is 7.90. The van der Waals surface area contributed by atoms with Crippen molar-refractivity contribution < 1.29 is 14.2 Å². The molecule has 0 saturated carbocycles. The number of rotatable bonds is 7. The normalized spacial score (nSPS) is 20.7. The molecule has 1 saturated heterocycles. The van der Waals surface area contributed by atoms with Gasteiger partial charge in [-0.05, 0) is 12.5 Å². The molecule has 0 amide bonds. The second kappa shape index (κ2) is 5.99. The first kappa shape index (κ1) is 11.6. The third-order valence-electron chi connectivity index (χ3n) is 2.55. The summed E-state index contributed by atoms with van der Waals surface area (Å²) in [6.07, 6.45) is 0.337. The van der Waals surface area contributed by atoms with Crippen molar-refractivity contribution in [3.05, 3.63) is 35.9 Å². The van der Waals surface area contributed by atoms with Crippen molar-refractivity contribution in [1.29, 1.82) is 0 Å². The number of hydrogen-bond acceptors (Lipinski definition) is 3. The molecule has 88 valence electrons. The van der Waals surface area contributed by atoms with E-state index in [-0.39, 0.29) is 12.2 Å². The fourth-order valence-electron chi connectivity index (χ4n) is 1.61. The van der Waals surface area contributed by atoms with Gasteiger partial charge in [0.05, 0.1) is 19.8 Å². The van der Waals surface area contributed by atoms with Crippen LogP contribution in [0.25, 0.3) is 0 Å². The van der Waals surface area contributed by atoms with Crippen molar-refractivity contribution >= 4 is 0 Å². The largest absolute Gasteiger partial charge is 0.374 e. The first-order valence-electron chi connectivity index (χ1n) is 5.75. The van der Waals surface area contributed by atoms with E-state index in [0.717, 1.165) is 6.61 Å². The van der Waals surface area contributed by atoms with E-state index in [1.54, 1.807) is 0 Å². The van der Waals surface area contributed by atoms with Gasteiger partial charge in [-0.2, -0.15) is 0 Å². The second-order valence-corrected chi connectivity index (χ2v) is 3.87. The zero-order valence-corrected chi connectivity index (χ0v) is 9.59. The van der Waals surface area contributed by atoms with Gasteiger partial charge in [0.25, 0.3) is 0 Å². The maximum Gasteiger partial charge on any atom is 0.109 e. The fourth-order valence-corrected chi connectivity index (χ4v) is 1.61. The fraction of sp³-hybridized carbons (Fsp3) is 0.538. The Hall–Kier alpha value is -0.900. The summed E-state index contributed by atoms with van der Waals surface area (Å²) in [5, 5.41) is 0. The lowest BCUT2D eigenvalue weighted by atomic mass is 10.2. The Morgan fingerprint density at radius 1 is 1.38 bits per heavy atom. The lowest BCUT2D eigenvalue weighted by Gasteiger charge is -2.14. The van der Waals surface area contributed by atoms with Crippen molar-refractivity contribution in [3.8, 4) is 0 Å². The summed E-state index contributed by atoms with van der Waals surface area (Å²) < 4.78 is 16.4. The summed E-state index contributed by atoms with van der Waals surface area (Å²) in [6, 6.07) is 10.2. The van der Waals surface area contributed by atoms with E-state index >= 15 is 0 Å². The predicted octanol–water partition coefficient (Wildman–Crippen LogP) is 2.01. The summed E-state index contributed by atoms with van der Waals surface area (Å²) >= 11 is 0. The van der Waals surface area contributed by atoms with E-state index in [1.807, 2.05) is 25.1 Å². The van der Waals surface area contributed by atoms with Crippen molar-refractivity contribution in [1.82, 2.24) is 0 Å². The summed E-state index contributed by atoms with van der Waals surface area (Å²) in [7, 11) is 0. The monoisotopic (exact) mass is 222 g/mol. The van der Waals surface area contributed by atoms with E-state index < -0.39 is 0 Å². The standard InChI is InChI=1S/C13H18O3/c1-2-15-12(13-10-16-13)9-14-8-11-6-4-3-5-7-11/h3-7,12-13H,2,8-10H2,1H3/t12-,13+/m0/s1. The Morgan fingerprint density at radius 3 is 2.75 bits per heavy atom. The molecule has 1 aromatic rings. The van der Waals surface area contributed by atoms with Crippen LogP contribution in [0.4, 0.5) is 0 Å². The van der Waals surface area contributed by atoms with Gasteiger partial charge in [0, 0.05) is 6.61 Å². The molecular weight excluding hydrogens is 204 g/mol. The third kappa shape index (κ3) is 3.59. The maximum atomic E-state index is 5.63. The molecule has 0 N–H and O–H groups in total. The number of epoxide rings is 1. The zero-order valence-electron chi connectivity index (χ0n) is 9.59. The molecule has 0 bridgehead atoms. The zero-order chi connectivity index (χ0) is 11.2. The first-order valence-corrected chi connectivity index (χ1v) is 5.75. The minimum atomic E-state index is 0.0914. The molecule has 2 rings (SSSR count). The van der Waals surface area contributed by atoms with E-state index in [2.05, 4.69) is 12.1 Å². The summed E-state index contributed by atoms with van der Waals surface area (Å²) in [5.41, 5.74) is 1.19. The van der Waals surface area contributed by atoms with Gasteiger partial charge >= 0.3 is 0 Å². The molecule has 16 heavy (non-hydrogen) atoms. The van der Waals surface area contributed by atoms with Crippen LogP contribution < -0.4 is 0 Å². The smallest absolute Gasteiger partial charge is 0.109 e. The number of benzene rings is 1. The van der Waals surface area contributed by atoms with Crippen molar-refractivity contribution in [2.75, 3.05) is 19.8 Å². The minimum absolute atomic E-state index is 0.0914. The molecule has 0 radical (unpaired) electrons. The lowest BCUT2D eigenvalue weighted by molar-refractivity contribution is -0.0295. The Bertz CT molecular complexity index is 295. The molecule has 3 heteroatoms. The highest BCUT2D eigenvalue weighted by atomic mass is 16.6. The maximum absolute atomic E-state index is 5.63. The number of ether oxygens (including phenoxy) is 3. The molecule has 1 aromatic carbocycles. The average molecular weight is 222 g/mol. The SMILES string of the molecule is CCO[C@@H](COCc1ccccc1)[C@H]1CO1. The van der Waals surface area contributed by atoms with Gasteiger partial charge in [0.1, 0.15) is 12.2 Å². The molecule has 1 fully saturated rings. The van der Waals surface area contributed by atoms with Crippen LogP contribution in [-0.2, 0) is 20.8 Å². The average Bonchev–Trinajstić information content (AvgIpc) is 3.13. The van der Waals surface area contributed by atoms with Crippen LogP contribution in [0.15, 0.2) is 30.3 Å². The van der Waals surface area contributed by atoms with E-state index in [0.29, 0.717) is 19.8 Å². The van der Waals surface area contributed by atoms with Crippen molar-refractivity contribution in [2.24, 2.45) is 0 Å². The van der Waals surface area contributed by atoms with Gasteiger partial charge in [-0.3, -0.25) is 0 Å².